The molecule has 4 nitrogen and oxygen atoms in total. The summed E-state index contributed by atoms with van der Waals surface area (Å²) < 4.78 is 10.8. The minimum Gasteiger partial charge on any atom is -0.383 e. The van der Waals surface area contributed by atoms with Crippen LogP contribution in [0, 0.1) is 0 Å². The van der Waals surface area contributed by atoms with Gasteiger partial charge in [0.25, 0.3) is 0 Å². The van der Waals surface area contributed by atoms with Crippen molar-refractivity contribution in [2.24, 2.45) is 0 Å². The van der Waals surface area contributed by atoms with Crippen LogP contribution in [0.3, 0.4) is 0 Å². The highest BCUT2D eigenvalue weighted by Crippen LogP contribution is 2.13. The van der Waals surface area contributed by atoms with Crippen LogP contribution in [0.1, 0.15) is 19.8 Å². The van der Waals surface area contributed by atoms with Crippen LogP contribution < -0.4 is 5.32 Å². The fourth-order valence-corrected chi connectivity index (χ4v) is 2.23. The average molecular weight is 230 g/mol. The average Bonchev–Trinajstić information content (AvgIpc) is 2.31. The maximum atomic E-state index is 5.64. The van der Waals surface area contributed by atoms with Gasteiger partial charge in [-0.15, -0.1) is 0 Å². The summed E-state index contributed by atoms with van der Waals surface area (Å²) in [4.78, 5) is 2.50. The van der Waals surface area contributed by atoms with Crippen molar-refractivity contribution < 1.29 is 9.47 Å². The van der Waals surface area contributed by atoms with E-state index in [1.165, 1.54) is 0 Å². The molecular weight excluding hydrogens is 204 g/mol. The quantitative estimate of drug-likeness (QED) is 0.699. The molecule has 0 amide bonds. The van der Waals surface area contributed by atoms with E-state index in [4.69, 9.17) is 9.47 Å². The van der Waals surface area contributed by atoms with Crippen LogP contribution in [-0.4, -0.2) is 64.1 Å². The predicted molar refractivity (Wildman–Crippen MR) is 65.8 cm³/mol. The highest BCUT2D eigenvalue weighted by Gasteiger charge is 2.21. The fourth-order valence-electron chi connectivity index (χ4n) is 2.23. The van der Waals surface area contributed by atoms with E-state index in [9.17, 15) is 0 Å². The molecule has 1 unspecified atom stereocenters. The molecule has 0 spiro atoms. The Morgan fingerprint density at radius 1 is 1.38 bits per heavy atom. The lowest BCUT2D eigenvalue weighted by molar-refractivity contribution is 0.0103. The Hall–Kier alpha value is -0.160. The Morgan fingerprint density at radius 3 is 2.56 bits per heavy atom. The van der Waals surface area contributed by atoms with E-state index in [0.717, 1.165) is 45.7 Å². The lowest BCUT2D eigenvalue weighted by Gasteiger charge is -2.33. The number of ether oxygens (including phenoxy) is 2. The summed E-state index contributed by atoms with van der Waals surface area (Å²) >= 11 is 0. The van der Waals surface area contributed by atoms with Crippen LogP contribution in [-0.2, 0) is 9.47 Å². The van der Waals surface area contributed by atoms with Gasteiger partial charge in [-0.3, -0.25) is 0 Å². The molecule has 1 aliphatic rings. The number of hydrogen-bond acceptors (Lipinski definition) is 4. The highest BCUT2D eigenvalue weighted by molar-refractivity contribution is 4.76. The molecule has 0 aromatic rings. The molecule has 16 heavy (non-hydrogen) atoms. The van der Waals surface area contributed by atoms with Crippen molar-refractivity contribution >= 4 is 0 Å². The number of likely N-dealkylation sites (N-methyl/N-ethyl adjacent to an activating group) is 1. The van der Waals surface area contributed by atoms with Crippen LogP contribution in [0.15, 0.2) is 0 Å². The summed E-state index contributed by atoms with van der Waals surface area (Å²) in [6.07, 6.45) is 2.81. The number of methoxy groups -OCH3 is 1. The number of hydrogen-bond donors (Lipinski definition) is 1. The van der Waals surface area contributed by atoms with E-state index in [1.54, 1.807) is 7.11 Å². The molecule has 0 saturated carbocycles. The summed E-state index contributed by atoms with van der Waals surface area (Å²) in [6, 6.07) is 0.439. The fraction of sp³-hybridized carbons (Fsp3) is 1.00. The van der Waals surface area contributed by atoms with E-state index < -0.39 is 0 Å². The van der Waals surface area contributed by atoms with Crippen LogP contribution in [0.25, 0.3) is 0 Å². The van der Waals surface area contributed by atoms with Gasteiger partial charge in [0.05, 0.1) is 12.7 Å². The SMILES string of the molecule is CCOC1CCN(CC(COC)NC)CC1. The summed E-state index contributed by atoms with van der Waals surface area (Å²) in [5.74, 6) is 0. The molecule has 0 aliphatic carbocycles. The Bertz CT molecular complexity index is 170. The van der Waals surface area contributed by atoms with E-state index in [2.05, 4.69) is 17.1 Å². The molecule has 1 atom stereocenters. The number of nitrogens with zero attached hydrogens (tertiary/aromatic N) is 1. The summed E-state index contributed by atoms with van der Waals surface area (Å²) in [7, 11) is 3.75. The minimum absolute atomic E-state index is 0.439. The van der Waals surface area contributed by atoms with Crippen LogP contribution in [0.4, 0.5) is 0 Å². The van der Waals surface area contributed by atoms with Crippen LogP contribution in [0.2, 0.25) is 0 Å². The number of nitrogens with one attached hydrogen (secondary N) is 1. The standard InChI is InChI=1S/C12H26N2O2/c1-4-16-12-5-7-14(8-6-12)9-11(13-2)10-15-3/h11-13H,4-10H2,1-3H3. The minimum atomic E-state index is 0.439. The first-order valence-electron chi connectivity index (χ1n) is 6.30. The first kappa shape index (κ1) is 13.9. The summed E-state index contributed by atoms with van der Waals surface area (Å²) in [6.45, 7) is 7.06. The monoisotopic (exact) mass is 230 g/mol. The van der Waals surface area contributed by atoms with Crippen molar-refractivity contribution in [3.05, 3.63) is 0 Å². The smallest absolute Gasteiger partial charge is 0.0628 e. The van der Waals surface area contributed by atoms with Gasteiger partial charge in [-0.1, -0.05) is 0 Å². The largest absolute Gasteiger partial charge is 0.383 e. The number of rotatable bonds is 7. The van der Waals surface area contributed by atoms with Crippen molar-refractivity contribution in [1.29, 1.82) is 0 Å². The molecule has 1 rings (SSSR count). The maximum absolute atomic E-state index is 5.64. The van der Waals surface area contributed by atoms with Crippen molar-refractivity contribution in [2.75, 3.05) is 47.0 Å². The molecule has 1 N–H and O–H groups in total. The van der Waals surface area contributed by atoms with Gasteiger partial charge in [0, 0.05) is 39.4 Å². The normalized spacial score (nSPS) is 21.2. The van der Waals surface area contributed by atoms with Gasteiger partial charge in [-0.05, 0) is 26.8 Å². The first-order chi connectivity index (χ1) is 7.80. The molecule has 1 heterocycles. The molecule has 0 radical (unpaired) electrons. The third-order valence-electron chi connectivity index (χ3n) is 3.19. The first-order valence-corrected chi connectivity index (χ1v) is 6.30. The topological polar surface area (TPSA) is 33.7 Å². The lowest BCUT2D eigenvalue weighted by Crippen LogP contribution is -2.46. The summed E-state index contributed by atoms with van der Waals surface area (Å²) in [5, 5.41) is 3.29. The van der Waals surface area contributed by atoms with Crippen molar-refractivity contribution in [3.8, 4) is 0 Å². The maximum Gasteiger partial charge on any atom is 0.0628 e. The van der Waals surface area contributed by atoms with Gasteiger partial charge in [0.15, 0.2) is 0 Å². The predicted octanol–water partition coefficient (Wildman–Crippen LogP) is 0.722. The zero-order valence-electron chi connectivity index (χ0n) is 10.9. The molecule has 1 saturated heterocycles. The lowest BCUT2D eigenvalue weighted by atomic mass is 10.1. The van der Waals surface area contributed by atoms with Gasteiger partial charge in [0.2, 0.25) is 0 Å². The molecule has 0 bridgehead atoms. The molecule has 0 aromatic heterocycles. The van der Waals surface area contributed by atoms with E-state index in [0.29, 0.717) is 12.1 Å². The number of likely N-dealkylation sites (tertiary alicyclic amines) is 1. The second-order valence-electron chi connectivity index (χ2n) is 4.40. The molecule has 1 aliphatic heterocycles. The van der Waals surface area contributed by atoms with Gasteiger partial charge < -0.3 is 19.7 Å². The molecule has 0 aromatic carbocycles. The number of piperidine rings is 1. The van der Waals surface area contributed by atoms with Gasteiger partial charge >= 0.3 is 0 Å². The van der Waals surface area contributed by atoms with Crippen LogP contribution in [0.5, 0.6) is 0 Å². The zero-order valence-corrected chi connectivity index (χ0v) is 10.9. The van der Waals surface area contributed by atoms with Gasteiger partial charge in [-0.25, -0.2) is 0 Å². The zero-order chi connectivity index (χ0) is 11.8. The van der Waals surface area contributed by atoms with Crippen molar-refractivity contribution in [1.82, 2.24) is 10.2 Å². The molecular formula is C12H26N2O2. The van der Waals surface area contributed by atoms with E-state index in [-0.39, 0.29) is 0 Å². The van der Waals surface area contributed by atoms with E-state index in [1.807, 2.05) is 7.05 Å². The Labute approximate surface area is 99.3 Å². The van der Waals surface area contributed by atoms with Crippen LogP contribution >= 0.6 is 0 Å². The third kappa shape index (κ3) is 4.78. The Morgan fingerprint density at radius 2 is 2.06 bits per heavy atom. The second-order valence-corrected chi connectivity index (χ2v) is 4.40. The summed E-state index contributed by atoms with van der Waals surface area (Å²) in [5.41, 5.74) is 0. The van der Waals surface area contributed by atoms with Crippen molar-refractivity contribution in [3.63, 3.8) is 0 Å². The van der Waals surface area contributed by atoms with Gasteiger partial charge in [-0.2, -0.15) is 0 Å². The Kier molecular flexibility index (Phi) is 6.96. The Balaban J connectivity index is 2.20. The highest BCUT2D eigenvalue weighted by atomic mass is 16.5. The molecule has 4 heteroatoms. The van der Waals surface area contributed by atoms with E-state index >= 15 is 0 Å². The van der Waals surface area contributed by atoms with Gasteiger partial charge in [0.1, 0.15) is 0 Å². The molecule has 1 fully saturated rings. The second kappa shape index (κ2) is 8.01. The van der Waals surface area contributed by atoms with Crippen molar-refractivity contribution in [2.45, 2.75) is 31.9 Å². The third-order valence-corrected chi connectivity index (χ3v) is 3.19. The molecule has 96 valence electrons.